The predicted octanol–water partition coefficient (Wildman–Crippen LogP) is 3.03. The number of nitrogens with zero attached hydrogens (tertiary/aromatic N) is 1. The van der Waals surface area contributed by atoms with Crippen molar-refractivity contribution < 1.29 is 13.2 Å². The topological polar surface area (TPSA) is 72.6 Å². The fourth-order valence-electron chi connectivity index (χ4n) is 2.83. The number of aryl methyl sites for hydroxylation is 1. The molecule has 0 aliphatic carbocycles. The van der Waals surface area contributed by atoms with E-state index in [0.717, 1.165) is 37.2 Å². The van der Waals surface area contributed by atoms with Crippen LogP contribution < -0.4 is 14.8 Å². The molecule has 2 N–H and O–H groups in total. The zero-order valence-electron chi connectivity index (χ0n) is 13.0. The Morgan fingerprint density at radius 3 is 2.35 bits per heavy atom. The minimum atomic E-state index is -3.88. The molecule has 2 aromatic rings. The maximum Gasteiger partial charge on any atom is 0.241 e. The summed E-state index contributed by atoms with van der Waals surface area (Å²) in [5, 5.41) is 5.42. The van der Waals surface area contributed by atoms with Gasteiger partial charge in [0.2, 0.25) is 10.0 Å². The van der Waals surface area contributed by atoms with Gasteiger partial charge in [0.15, 0.2) is 5.75 Å². The lowest BCUT2D eigenvalue weighted by atomic mass is 10.2. The van der Waals surface area contributed by atoms with Crippen molar-refractivity contribution in [1.82, 2.24) is 0 Å². The van der Waals surface area contributed by atoms with Crippen LogP contribution in [-0.4, -0.2) is 21.5 Å². The molecule has 1 fully saturated rings. The minimum Gasteiger partial charge on any atom is -0.454 e. The van der Waals surface area contributed by atoms with Gasteiger partial charge in [0.05, 0.1) is 5.69 Å². The first-order chi connectivity index (χ1) is 10.9. The Balaban J connectivity index is 2.16. The Morgan fingerprint density at radius 2 is 1.74 bits per heavy atom. The highest BCUT2D eigenvalue weighted by molar-refractivity contribution is 7.89. The molecule has 1 heterocycles. The molecule has 1 aliphatic rings. The van der Waals surface area contributed by atoms with E-state index in [2.05, 4.69) is 4.90 Å². The Kier molecular flexibility index (Phi) is 4.28. The van der Waals surface area contributed by atoms with Crippen LogP contribution in [0, 0.1) is 6.92 Å². The summed E-state index contributed by atoms with van der Waals surface area (Å²) in [5.41, 5.74) is 1.63. The fourth-order valence-corrected chi connectivity index (χ4v) is 3.59. The van der Waals surface area contributed by atoms with Crippen molar-refractivity contribution in [1.29, 1.82) is 0 Å². The van der Waals surface area contributed by atoms with Crippen LogP contribution in [0.4, 0.5) is 5.69 Å². The van der Waals surface area contributed by atoms with E-state index < -0.39 is 10.0 Å². The molecule has 3 rings (SSSR count). The normalized spacial score (nSPS) is 15.0. The van der Waals surface area contributed by atoms with Crippen LogP contribution in [-0.2, 0) is 10.0 Å². The zero-order chi connectivity index (χ0) is 16.4. The summed E-state index contributed by atoms with van der Waals surface area (Å²) in [6, 6.07) is 12.7. The third kappa shape index (κ3) is 3.48. The monoisotopic (exact) mass is 332 g/mol. The number of hydrogen-bond donors (Lipinski definition) is 1. The van der Waals surface area contributed by atoms with Gasteiger partial charge >= 0.3 is 0 Å². The van der Waals surface area contributed by atoms with E-state index in [-0.39, 0.29) is 4.90 Å². The molecule has 0 spiro atoms. The molecular formula is C17H20N2O3S. The second-order valence-electron chi connectivity index (χ2n) is 5.77. The molecule has 0 unspecified atom stereocenters. The summed E-state index contributed by atoms with van der Waals surface area (Å²) in [6.07, 6.45) is 2.17. The highest BCUT2D eigenvalue weighted by Gasteiger charge is 2.25. The van der Waals surface area contributed by atoms with Crippen molar-refractivity contribution in [2.45, 2.75) is 24.7 Å². The van der Waals surface area contributed by atoms with Gasteiger partial charge in [-0.05, 0) is 49.6 Å². The van der Waals surface area contributed by atoms with Gasteiger partial charge in [-0.3, -0.25) is 0 Å². The molecule has 1 aliphatic heterocycles. The molecule has 1 saturated heterocycles. The molecular weight excluding hydrogens is 312 g/mol. The van der Waals surface area contributed by atoms with E-state index in [1.54, 1.807) is 18.2 Å². The van der Waals surface area contributed by atoms with Gasteiger partial charge in [0.25, 0.3) is 0 Å². The summed E-state index contributed by atoms with van der Waals surface area (Å²) in [7, 11) is -3.88. The highest BCUT2D eigenvalue weighted by atomic mass is 32.2. The molecule has 0 atom stereocenters. The van der Waals surface area contributed by atoms with Crippen molar-refractivity contribution in [2.24, 2.45) is 5.14 Å². The van der Waals surface area contributed by atoms with Gasteiger partial charge in [-0.15, -0.1) is 0 Å². The quantitative estimate of drug-likeness (QED) is 0.934. The summed E-state index contributed by atoms with van der Waals surface area (Å²) >= 11 is 0. The van der Waals surface area contributed by atoms with E-state index in [0.29, 0.717) is 11.5 Å². The van der Waals surface area contributed by atoms with Gasteiger partial charge in [-0.2, -0.15) is 0 Å². The number of hydrogen-bond acceptors (Lipinski definition) is 4. The predicted molar refractivity (Wildman–Crippen MR) is 90.5 cm³/mol. The van der Waals surface area contributed by atoms with Crippen LogP contribution in [0.15, 0.2) is 47.4 Å². The third-order valence-corrected chi connectivity index (χ3v) is 4.81. The molecule has 2 aromatic carbocycles. The Labute approximate surface area is 136 Å². The van der Waals surface area contributed by atoms with E-state index >= 15 is 0 Å². The molecule has 0 saturated carbocycles. The van der Waals surface area contributed by atoms with Crippen molar-refractivity contribution in [3.8, 4) is 11.5 Å². The smallest absolute Gasteiger partial charge is 0.241 e. The lowest BCUT2D eigenvalue weighted by Gasteiger charge is -2.23. The standard InChI is InChI=1S/C17H20N2O3S/c1-13-11-15(19-9-5-6-10-19)17(16(12-13)23(18,20)21)22-14-7-3-2-4-8-14/h2-4,7-8,11-12H,5-6,9-10H2,1H3,(H2,18,20,21). The van der Waals surface area contributed by atoms with Gasteiger partial charge in [-0.25, -0.2) is 13.6 Å². The Bertz CT molecular complexity index is 798. The molecule has 122 valence electrons. The average Bonchev–Trinajstić information content (AvgIpc) is 3.03. The molecule has 0 bridgehead atoms. The summed E-state index contributed by atoms with van der Waals surface area (Å²) < 4.78 is 30.0. The first-order valence-corrected chi connectivity index (χ1v) is 9.15. The van der Waals surface area contributed by atoms with E-state index in [4.69, 9.17) is 9.88 Å². The molecule has 0 radical (unpaired) electrons. The summed E-state index contributed by atoms with van der Waals surface area (Å²) in [4.78, 5) is 2.18. The SMILES string of the molecule is Cc1cc(N2CCCC2)c(Oc2ccccc2)c(S(N)(=O)=O)c1. The molecule has 6 heteroatoms. The fraction of sp³-hybridized carbons (Fsp3) is 0.294. The van der Waals surface area contributed by atoms with Gasteiger partial charge in [0, 0.05) is 13.1 Å². The maximum atomic E-state index is 12.0. The van der Waals surface area contributed by atoms with Crippen LogP contribution in [0.2, 0.25) is 0 Å². The molecule has 0 amide bonds. The number of ether oxygens (including phenoxy) is 1. The number of anilines is 1. The summed E-state index contributed by atoms with van der Waals surface area (Å²) in [5.74, 6) is 0.896. The molecule has 5 nitrogen and oxygen atoms in total. The average molecular weight is 332 g/mol. The van der Waals surface area contributed by atoms with Gasteiger partial charge in [0.1, 0.15) is 10.6 Å². The second kappa shape index (κ2) is 6.22. The van der Waals surface area contributed by atoms with Crippen molar-refractivity contribution in [2.75, 3.05) is 18.0 Å². The van der Waals surface area contributed by atoms with Crippen LogP contribution in [0.5, 0.6) is 11.5 Å². The Morgan fingerprint density at radius 1 is 1.09 bits per heavy atom. The first kappa shape index (κ1) is 15.8. The molecule has 23 heavy (non-hydrogen) atoms. The van der Waals surface area contributed by atoms with Crippen molar-refractivity contribution >= 4 is 15.7 Å². The number of rotatable bonds is 4. The number of sulfonamides is 1. The minimum absolute atomic E-state index is 0.0308. The lowest BCUT2D eigenvalue weighted by Crippen LogP contribution is -2.21. The number of nitrogens with two attached hydrogens (primary N) is 1. The molecule has 0 aromatic heterocycles. The summed E-state index contributed by atoms with van der Waals surface area (Å²) in [6.45, 7) is 3.64. The van der Waals surface area contributed by atoms with E-state index in [1.165, 1.54) is 0 Å². The third-order valence-electron chi connectivity index (χ3n) is 3.90. The van der Waals surface area contributed by atoms with E-state index in [1.807, 2.05) is 31.2 Å². The van der Waals surface area contributed by atoms with Crippen molar-refractivity contribution in [3.05, 3.63) is 48.0 Å². The van der Waals surface area contributed by atoms with Crippen LogP contribution in [0.3, 0.4) is 0 Å². The van der Waals surface area contributed by atoms with E-state index in [9.17, 15) is 8.42 Å². The zero-order valence-corrected chi connectivity index (χ0v) is 13.8. The number of para-hydroxylation sites is 1. The highest BCUT2D eigenvalue weighted by Crippen LogP contribution is 2.40. The number of primary sulfonamides is 1. The van der Waals surface area contributed by atoms with Crippen LogP contribution >= 0.6 is 0 Å². The Hall–Kier alpha value is -2.05. The van der Waals surface area contributed by atoms with Crippen LogP contribution in [0.25, 0.3) is 0 Å². The van der Waals surface area contributed by atoms with Crippen molar-refractivity contribution in [3.63, 3.8) is 0 Å². The number of benzene rings is 2. The largest absolute Gasteiger partial charge is 0.454 e. The maximum absolute atomic E-state index is 12.0. The van der Waals surface area contributed by atoms with Crippen LogP contribution in [0.1, 0.15) is 18.4 Å². The lowest BCUT2D eigenvalue weighted by molar-refractivity contribution is 0.467. The first-order valence-electron chi connectivity index (χ1n) is 7.60. The van der Waals surface area contributed by atoms with Gasteiger partial charge < -0.3 is 9.64 Å². The van der Waals surface area contributed by atoms with Gasteiger partial charge in [-0.1, -0.05) is 18.2 Å². The second-order valence-corrected chi connectivity index (χ2v) is 7.30.